The fourth-order valence-corrected chi connectivity index (χ4v) is 7.30. The molecule has 0 aromatic heterocycles. The maximum atomic E-state index is 12.8. The lowest BCUT2D eigenvalue weighted by Gasteiger charge is -2.57. The molecule has 5 nitrogen and oxygen atoms in total. The van der Waals surface area contributed by atoms with Gasteiger partial charge in [0, 0.05) is 19.3 Å². The number of esters is 1. The number of aldehydes is 1. The monoisotopic (exact) mass is 386 g/mol. The molecule has 0 aromatic carbocycles. The minimum Gasteiger partial charge on any atom is -0.458 e. The van der Waals surface area contributed by atoms with Crippen molar-refractivity contribution in [1.82, 2.24) is 0 Å². The van der Waals surface area contributed by atoms with E-state index in [1.807, 2.05) is 0 Å². The molecule has 3 saturated carbocycles. The summed E-state index contributed by atoms with van der Waals surface area (Å²) in [6, 6.07) is 0. The lowest BCUT2D eigenvalue weighted by atomic mass is 9.46. The highest BCUT2D eigenvalue weighted by atomic mass is 16.5. The summed E-state index contributed by atoms with van der Waals surface area (Å²) in [4.78, 5) is 48.1. The Balaban J connectivity index is 1.59. The number of fused-ring (bicyclic) bond motifs is 5. The molecule has 0 unspecified atom stereocenters. The Hall–Kier alpha value is -1.78. The molecule has 0 bridgehead atoms. The lowest BCUT2D eigenvalue weighted by molar-refractivity contribution is -0.149. The van der Waals surface area contributed by atoms with Crippen LogP contribution >= 0.6 is 0 Å². The summed E-state index contributed by atoms with van der Waals surface area (Å²) in [7, 11) is 0. The summed E-state index contributed by atoms with van der Waals surface area (Å²) in [5, 5.41) is 0. The predicted octanol–water partition coefficient (Wildman–Crippen LogP) is 3.45. The molecule has 152 valence electrons. The summed E-state index contributed by atoms with van der Waals surface area (Å²) in [6.07, 6.45) is 9.55. The quantitative estimate of drug-likeness (QED) is 0.546. The number of carbonyl (C=O) groups is 4. The van der Waals surface area contributed by atoms with E-state index in [9.17, 15) is 19.2 Å². The molecule has 6 atom stereocenters. The van der Waals surface area contributed by atoms with E-state index in [1.165, 1.54) is 6.92 Å². The fraction of sp³-hybridized carbons (Fsp3) is 0.739. The molecule has 0 heterocycles. The average molecular weight is 386 g/mol. The van der Waals surface area contributed by atoms with Gasteiger partial charge in [0.15, 0.2) is 11.6 Å². The SMILES string of the molecule is CC(=O)OCC(=O)[C@@H]1CC[C@@H]2[C@H]3CCC4=CC(=O)CC[C@]4(C=O)[C@@H]3CC[C@@]21C. The van der Waals surface area contributed by atoms with Crippen molar-refractivity contribution in [3.05, 3.63) is 11.6 Å². The van der Waals surface area contributed by atoms with Crippen molar-refractivity contribution in [2.75, 3.05) is 6.61 Å². The van der Waals surface area contributed by atoms with Crippen LogP contribution in [0.2, 0.25) is 0 Å². The van der Waals surface area contributed by atoms with E-state index in [2.05, 4.69) is 6.92 Å². The smallest absolute Gasteiger partial charge is 0.303 e. The van der Waals surface area contributed by atoms with Crippen LogP contribution in [0, 0.1) is 34.5 Å². The van der Waals surface area contributed by atoms with Crippen LogP contribution in [0.4, 0.5) is 0 Å². The minimum atomic E-state index is -0.460. The van der Waals surface area contributed by atoms with Gasteiger partial charge < -0.3 is 9.53 Å². The number of rotatable bonds is 4. The second-order valence-corrected chi connectivity index (χ2v) is 9.63. The van der Waals surface area contributed by atoms with Gasteiger partial charge >= 0.3 is 5.97 Å². The van der Waals surface area contributed by atoms with Gasteiger partial charge in [0.1, 0.15) is 12.9 Å². The van der Waals surface area contributed by atoms with E-state index in [0.717, 1.165) is 50.4 Å². The van der Waals surface area contributed by atoms with Gasteiger partial charge in [-0.3, -0.25) is 14.4 Å². The van der Waals surface area contributed by atoms with Crippen LogP contribution in [0.5, 0.6) is 0 Å². The third-order valence-corrected chi connectivity index (χ3v) is 8.58. The summed E-state index contributed by atoms with van der Waals surface area (Å²) >= 11 is 0. The van der Waals surface area contributed by atoms with Crippen LogP contribution in [0.3, 0.4) is 0 Å². The first kappa shape index (κ1) is 19.5. The van der Waals surface area contributed by atoms with Crippen LogP contribution in [0.25, 0.3) is 0 Å². The summed E-state index contributed by atoms with van der Waals surface area (Å²) in [6.45, 7) is 3.45. The summed E-state index contributed by atoms with van der Waals surface area (Å²) in [5.41, 5.74) is 0.524. The Labute approximate surface area is 166 Å². The molecular formula is C23H30O5. The highest BCUT2D eigenvalue weighted by Crippen LogP contribution is 2.66. The molecule has 0 amide bonds. The standard InChI is InChI=1S/C23H30O5/c1-14(25)28-12-21(27)20-6-5-18-17-4-3-15-11-16(26)7-10-23(15,13-24)19(17)8-9-22(18,20)2/h11,13,17-20H,3-10,12H2,1-2H3/t17-,18-,19-,20+,22+,23-/m1/s1. The molecule has 28 heavy (non-hydrogen) atoms. The van der Waals surface area contributed by atoms with E-state index >= 15 is 0 Å². The average Bonchev–Trinajstić information content (AvgIpc) is 3.03. The minimum absolute atomic E-state index is 0.0448. The molecule has 0 N–H and O–H groups in total. The molecule has 0 saturated heterocycles. The lowest BCUT2D eigenvalue weighted by Crippen LogP contribution is -2.52. The second kappa shape index (κ2) is 6.93. The van der Waals surface area contributed by atoms with Crippen molar-refractivity contribution in [1.29, 1.82) is 0 Å². The van der Waals surface area contributed by atoms with Crippen molar-refractivity contribution in [2.24, 2.45) is 34.5 Å². The molecular weight excluding hydrogens is 356 g/mol. The molecule has 4 aliphatic rings. The van der Waals surface area contributed by atoms with Crippen molar-refractivity contribution >= 4 is 23.8 Å². The molecule has 3 fully saturated rings. The molecule has 0 spiro atoms. The van der Waals surface area contributed by atoms with Gasteiger partial charge in [-0.05, 0) is 74.2 Å². The third-order valence-electron chi connectivity index (χ3n) is 8.58. The number of hydrogen-bond donors (Lipinski definition) is 0. The van der Waals surface area contributed by atoms with Crippen molar-refractivity contribution in [3.63, 3.8) is 0 Å². The highest BCUT2D eigenvalue weighted by Gasteiger charge is 2.61. The number of hydrogen-bond acceptors (Lipinski definition) is 5. The maximum Gasteiger partial charge on any atom is 0.303 e. The largest absolute Gasteiger partial charge is 0.458 e. The first-order chi connectivity index (χ1) is 13.3. The number of ether oxygens (including phenoxy) is 1. The van der Waals surface area contributed by atoms with E-state index < -0.39 is 11.4 Å². The van der Waals surface area contributed by atoms with E-state index in [0.29, 0.717) is 30.6 Å². The number of ketones is 2. The van der Waals surface area contributed by atoms with Gasteiger partial charge in [-0.25, -0.2) is 0 Å². The van der Waals surface area contributed by atoms with Gasteiger partial charge in [0.05, 0.1) is 5.41 Å². The van der Waals surface area contributed by atoms with Gasteiger partial charge in [0.2, 0.25) is 0 Å². The number of carbonyl (C=O) groups excluding carboxylic acids is 4. The Bertz CT molecular complexity index is 752. The van der Waals surface area contributed by atoms with Crippen LogP contribution in [0.15, 0.2) is 11.6 Å². The van der Waals surface area contributed by atoms with E-state index in [1.54, 1.807) is 6.08 Å². The number of allylic oxidation sites excluding steroid dienone is 1. The summed E-state index contributed by atoms with van der Waals surface area (Å²) in [5.74, 6) is 0.873. The van der Waals surface area contributed by atoms with E-state index in [4.69, 9.17) is 4.74 Å². The topological polar surface area (TPSA) is 77.5 Å². The first-order valence-electron chi connectivity index (χ1n) is 10.7. The summed E-state index contributed by atoms with van der Waals surface area (Å²) < 4.78 is 4.99. The van der Waals surface area contributed by atoms with Gasteiger partial charge in [0.25, 0.3) is 0 Å². The third kappa shape index (κ3) is 2.81. The molecule has 0 aromatic rings. The first-order valence-corrected chi connectivity index (χ1v) is 10.7. The van der Waals surface area contributed by atoms with Crippen LogP contribution in [0.1, 0.15) is 65.2 Å². The zero-order chi connectivity index (χ0) is 20.1. The highest BCUT2D eigenvalue weighted by molar-refractivity contribution is 5.93. The Morgan fingerprint density at radius 3 is 2.64 bits per heavy atom. The van der Waals surface area contributed by atoms with Crippen molar-refractivity contribution < 1.29 is 23.9 Å². The zero-order valence-electron chi connectivity index (χ0n) is 16.9. The second-order valence-electron chi connectivity index (χ2n) is 9.63. The molecule has 5 heteroatoms. The zero-order valence-corrected chi connectivity index (χ0v) is 16.9. The van der Waals surface area contributed by atoms with Crippen LogP contribution in [-0.4, -0.2) is 30.4 Å². The maximum absolute atomic E-state index is 12.8. The van der Waals surface area contributed by atoms with Crippen molar-refractivity contribution in [3.8, 4) is 0 Å². The Morgan fingerprint density at radius 1 is 1.14 bits per heavy atom. The number of Topliss-reactive ketones (excluding diaryl/α,β-unsaturated/α-hetero) is 1. The molecule has 0 aliphatic heterocycles. The van der Waals surface area contributed by atoms with Crippen LogP contribution in [-0.2, 0) is 23.9 Å². The predicted molar refractivity (Wildman–Crippen MR) is 102 cm³/mol. The Kier molecular flexibility index (Phi) is 4.83. The normalized spacial score (nSPS) is 41.9. The van der Waals surface area contributed by atoms with Gasteiger partial charge in [-0.15, -0.1) is 0 Å². The van der Waals surface area contributed by atoms with Crippen molar-refractivity contribution in [2.45, 2.75) is 65.2 Å². The van der Waals surface area contributed by atoms with Gasteiger partial charge in [-0.2, -0.15) is 0 Å². The fourth-order valence-electron chi connectivity index (χ4n) is 7.30. The molecule has 4 rings (SSSR count). The molecule has 0 radical (unpaired) electrons. The van der Waals surface area contributed by atoms with E-state index in [-0.39, 0.29) is 29.5 Å². The van der Waals surface area contributed by atoms with Gasteiger partial charge in [-0.1, -0.05) is 12.5 Å². The molecule has 4 aliphatic carbocycles. The van der Waals surface area contributed by atoms with Crippen LogP contribution < -0.4 is 0 Å². The Morgan fingerprint density at radius 2 is 1.93 bits per heavy atom.